The largest absolute Gasteiger partial charge is 0.493 e. The van der Waals surface area contributed by atoms with Crippen LogP contribution in [0.4, 0.5) is 0 Å². The first-order chi connectivity index (χ1) is 12.0. The molecule has 0 bridgehead atoms. The second kappa shape index (κ2) is 8.58. The number of benzene rings is 2. The van der Waals surface area contributed by atoms with Crippen molar-refractivity contribution in [1.82, 2.24) is 5.32 Å². The molecule has 0 aromatic heterocycles. The lowest BCUT2D eigenvalue weighted by atomic mass is 10.1. The van der Waals surface area contributed by atoms with Gasteiger partial charge in [0.2, 0.25) is 5.75 Å². The molecule has 2 rings (SSSR count). The average Bonchev–Trinajstić information content (AvgIpc) is 2.64. The molecule has 0 aliphatic heterocycles. The highest BCUT2D eigenvalue weighted by molar-refractivity contribution is 14.1. The fourth-order valence-corrected chi connectivity index (χ4v) is 2.85. The second-order valence-electron chi connectivity index (χ2n) is 5.00. The summed E-state index contributed by atoms with van der Waals surface area (Å²) < 4.78 is 16.8. The number of nitrogens with zero attached hydrogens (tertiary/aromatic N) is 1. The van der Waals surface area contributed by atoms with Crippen LogP contribution in [-0.4, -0.2) is 27.2 Å². The highest BCUT2D eigenvalue weighted by Crippen LogP contribution is 2.39. The minimum absolute atomic E-state index is 0.334. The third-order valence-corrected chi connectivity index (χ3v) is 4.18. The lowest BCUT2D eigenvalue weighted by Gasteiger charge is -2.17. The highest BCUT2D eigenvalue weighted by Gasteiger charge is 2.20. The van der Waals surface area contributed by atoms with E-state index < -0.39 is 6.04 Å². The fourth-order valence-electron chi connectivity index (χ4n) is 2.30. The number of nitrogens with one attached hydrogen (secondary N) is 1. The molecule has 6 nitrogen and oxygen atoms in total. The Hall–Kier alpha value is -2.47. The van der Waals surface area contributed by atoms with Crippen LogP contribution in [-0.2, 0) is 0 Å². The average molecular weight is 452 g/mol. The van der Waals surface area contributed by atoms with E-state index in [1.807, 2.05) is 6.07 Å². The summed E-state index contributed by atoms with van der Waals surface area (Å²) in [5.74, 6) is 0.925. The molecule has 0 radical (unpaired) electrons. The Morgan fingerprint density at radius 2 is 1.76 bits per heavy atom. The number of ether oxygens (including phenoxy) is 3. The molecule has 0 heterocycles. The first kappa shape index (κ1) is 18.9. The maximum atomic E-state index is 12.4. The minimum Gasteiger partial charge on any atom is -0.493 e. The van der Waals surface area contributed by atoms with Gasteiger partial charge in [0.15, 0.2) is 11.5 Å². The Labute approximate surface area is 159 Å². The van der Waals surface area contributed by atoms with Crippen molar-refractivity contribution in [2.45, 2.75) is 6.04 Å². The van der Waals surface area contributed by atoms with Gasteiger partial charge < -0.3 is 19.5 Å². The summed E-state index contributed by atoms with van der Waals surface area (Å²) in [6.45, 7) is 0. The molecule has 1 N–H and O–H groups in total. The van der Waals surface area contributed by atoms with E-state index in [4.69, 9.17) is 14.2 Å². The van der Waals surface area contributed by atoms with Gasteiger partial charge in [0.05, 0.1) is 27.4 Å². The van der Waals surface area contributed by atoms with E-state index >= 15 is 0 Å². The summed E-state index contributed by atoms with van der Waals surface area (Å²) in [6, 6.07) is 11.6. The molecular weight excluding hydrogens is 435 g/mol. The van der Waals surface area contributed by atoms with Gasteiger partial charge in [0, 0.05) is 9.13 Å². The second-order valence-corrected chi connectivity index (χ2v) is 6.25. The molecule has 0 spiro atoms. The van der Waals surface area contributed by atoms with Gasteiger partial charge in [-0.05, 0) is 58.5 Å². The molecule has 0 saturated heterocycles. The van der Waals surface area contributed by atoms with Gasteiger partial charge in [0.1, 0.15) is 6.04 Å². The third-order valence-electron chi connectivity index (χ3n) is 3.51. The van der Waals surface area contributed by atoms with Crippen LogP contribution in [0.3, 0.4) is 0 Å². The van der Waals surface area contributed by atoms with Crippen molar-refractivity contribution in [1.29, 1.82) is 5.26 Å². The van der Waals surface area contributed by atoms with Crippen molar-refractivity contribution in [2.75, 3.05) is 21.3 Å². The zero-order valence-electron chi connectivity index (χ0n) is 14.0. The number of carbonyl (C=O) groups excluding carboxylic acids is 1. The number of halogens is 1. The van der Waals surface area contributed by atoms with Crippen LogP contribution in [0.2, 0.25) is 0 Å². The lowest BCUT2D eigenvalue weighted by molar-refractivity contribution is 0.0945. The van der Waals surface area contributed by atoms with Gasteiger partial charge in [-0.3, -0.25) is 4.79 Å². The van der Waals surface area contributed by atoms with Crippen molar-refractivity contribution in [3.05, 3.63) is 51.1 Å². The van der Waals surface area contributed by atoms with Gasteiger partial charge in [-0.2, -0.15) is 5.26 Å². The molecule has 0 aliphatic rings. The number of hydrogen-bond acceptors (Lipinski definition) is 5. The molecule has 0 saturated carbocycles. The minimum atomic E-state index is -0.862. The predicted octanol–water partition coefficient (Wildman–Crippen LogP) is 3.31. The van der Waals surface area contributed by atoms with Gasteiger partial charge in [-0.25, -0.2) is 0 Å². The number of methoxy groups -OCH3 is 3. The van der Waals surface area contributed by atoms with Gasteiger partial charge in [-0.15, -0.1) is 0 Å². The van der Waals surface area contributed by atoms with Crippen LogP contribution in [0.5, 0.6) is 17.2 Å². The van der Waals surface area contributed by atoms with E-state index in [1.165, 1.54) is 21.3 Å². The predicted molar refractivity (Wildman–Crippen MR) is 101 cm³/mol. The summed E-state index contributed by atoms with van der Waals surface area (Å²) in [5, 5.41) is 12.2. The third kappa shape index (κ3) is 4.33. The summed E-state index contributed by atoms with van der Waals surface area (Å²) in [7, 11) is 4.49. The van der Waals surface area contributed by atoms with Gasteiger partial charge in [0.25, 0.3) is 5.91 Å². The van der Waals surface area contributed by atoms with E-state index in [-0.39, 0.29) is 5.91 Å². The first-order valence-corrected chi connectivity index (χ1v) is 8.37. The molecule has 25 heavy (non-hydrogen) atoms. The van der Waals surface area contributed by atoms with Crippen LogP contribution in [0, 0.1) is 14.9 Å². The normalized spacial score (nSPS) is 11.2. The van der Waals surface area contributed by atoms with E-state index in [0.29, 0.717) is 28.4 Å². The lowest BCUT2D eigenvalue weighted by Crippen LogP contribution is -2.27. The molecule has 1 atom stereocenters. The van der Waals surface area contributed by atoms with Crippen LogP contribution in [0.1, 0.15) is 22.0 Å². The molecule has 0 aliphatic carbocycles. The monoisotopic (exact) mass is 452 g/mol. The summed E-state index contributed by atoms with van der Waals surface area (Å²) in [4.78, 5) is 12.4. The molecule has 2 aromatic carbocycles. The number of rotatable bonds is 6. The van der Waals surface area contributed by atoms with E-state index in [0.717, 1.165) is 3.57 Å². The number of nitriles is 1. The van der Waals surface area contributed by atoms with Crippen LogP contribution in [0.25, 0.3) is 0 Å². The fraction of sp³-hybridized carbons (Fsp3) is 0.222. The molecule has 2 aromatic rings. The Balaban J connectivity index is 2.34. The summed E-state index contributed by atoms with van der Waals surface area (Å²) in [5.41, 5.74) is 1.02. The number of hydrogen-bond donors (Lipinski definition) is 1. The van der Waals surface area contributed by atoms with Crippen LogP contribution in [0.15, 0.2) is 36.4 Å². The molecule has 0 fully saturated rings. The maximum Gasteiger partial charge on any atom is 0.252 e. The first-order valence-electron chi connectivity index (χ1n) is 7.30. The molecule has 130 valence electrons. The molecule has 1 unspecified atom stereocenters. The quantitative estimate of drug-likeness (QED) is 0.681. The molecule has 7 heteroatoms. The summed E-state index contributed by atoms with van der Waals surface area (Å²) in [6.07, 6.45) is 0. The van der Waals surface area contributed by atoms with Crippen LogP contribution < -0.4 is 19.5 Å². The Morgan fingerprint density at radius 3 is 2.24 bits per heavy atom. The van der Waals surface area contributed by atoms with Crippen molar-refractivity contribution < 1.29 is 19.0 Å². The Kier molecular flexibility index (Phi) is 6.47. The standard InChI is InChI=1S/C18H17IN2O4/c1-23-15-8-12(9-16(24-2)17(15)25-3)14(10-20)21-18(22)11-5-4-6-13(19)7-11/h4-9,14H,1-3H3,(H,21,22). The van der Waals surface area contributed by atoms with Gasteiger partial charge >= 0.3 is 0 Å². The zero-order valence-corrected chi connectivity index (χ0v) is 16.2. The SMILES string of the molecule is COc1cc(C(C#N)NC(=O)c2cccc(I)c2)cc(OC)c1OC. The smallest absolute Gasteiger partial charge is 0.252 e. The highest BCUT2D eigenvalue weighted by atomic mass is 127. The van der Waals surface area contributed by atoms with E-state index in [9.17, 15) is 10.1 Å². The van der Waals surface area contributed by atoms with E-state index in [1.54, 1.807) is 30.3 Å². The molecular formula is C18H17IN2O4. The maximum absolute atomic E-state index is 12.4. The Bertz CT molecular complexity index is 792. The number of amides is 1. The zero-order chi connectivity index (χ0) is 18.4. The van der Waals surface area contributed by atoms with Crippen molar-refractivity contribution in [3.8, 4) is 23.3 Å². The van der Waals surface area contributed by atoms with Crippen molar-refractivity contribution in [3.63, 3.8) is 0 Å². The number of carbonyl (C=O) groups is 1. The molecule has 1 amide bonds. The van der Waals surface area contributed by atoms with E-state index in [2.05, 4.69) is 34.0 Å². The van der Waals surface area contributed by atoms with Crippen molar-refractivity contribution in [2.24, 2.45) is 0 Å². The van der Waals surface area contributed by atoms with Crippen molar-refractivity contribution >= 4 is 28.5 Å². The Morgan fingerprint density at radius 1 is 1.12 bits per heavy atom. The van der Waals surface area contributed by atoms with Crippen LogP contribution >= 0.6 is 22.6 Å². The van der Waals surface area contributed by atoms with Gasteiger partial charge in [-0.1, -0.05) is 6.07 Å². The summed E-state index contributed by atoms with van der Waals surface area (Å²) >= 11 is 2.13. The topological polar surface area (TPSA) is 80.6 Å².